The fraction of sp³-hybridized carbons (Fsp3) is 0.565. The Labute approximate surface area is 190 Å². The van der Waals surface area contributed by atoms with E-state index in [1.165, 1.54) is 11.4 Å². The maximum absolute atomic E-state index is 13.2. The number of benzene rings is 1. The van der Waals surface area contributed by atoms with Gasteiger partial charge in [0.05, 0.1) is 30.7 Å². The number of rotatable bonds is 11. The van der Waals surface area contributed by atoms with Gasteiger partial charge in [-0.2, -0.15) is 4.98 Å². The van der Waals surface area contributed by atoms with E-state index in [0.29, 0.717) is 41.5 Å². The van der Waals surface area contributed by atoms with Crippen molar-refractivity contribution in [2.24, 2.45) is 5.92 Å². The molecule has 8 nitrogen and oxygen atoms in total. The Morgan fingerprint density at radius 1 is 1.19 bits per heavy atom. The molecule has 1 heterocycles. The molecular weight excluding hydrogens is 430 g/mol. The van der Waals surface area contributed by atoms with E-state index in [1.54, 1.807) is 6.92 Å². The van der Waals surface area contributed by atoms with Gasteiger partial charge in [0.25, 0.3) is 0 Å². The van der Waals surface area contributed by atoms with Crippen molar-refractivity contribution >= 4 is 15.7 Å². The molecule has 0 amide bonds. The first kappa shape index (κ1) is 24.3. The van der Waals surface area contributed by atoms with Gasteiger partial charge in [-0.05, 0) is 63.1 Å². The Morgan fingerprint density at radius 3 is 2.50 bits per heavy atom. The van der Waals surface area contributed by atoms with Crippen LogP contribution >= 0.6 is 0 Å². The van der Waals surface area contributed by atoms with Crippen molar-refractivity contribution in [2.75, 3.05) is 36.9 Å². The van der Waals surface area contributed by atoms with Crippen molar-refractivity contribution in [3.63, 3.8) is 0 Å². The van der Waals surface area contributed by atoms with E-state index in [9.17, 15) is 13.5 Å². The molecule has 3 rings (SSSR count). The number of methoxy groups -OCH3 is 1. The molecule has 0 atom stereocenters. The Hall–Kier alpha value is -2.39. The van der Waals surface area contributed by atoms with Crippen LogP contribution in [0.1, 0.15) is 43.0 Å². The lowest BCUT2D eigenvalue weighted by Gasteiger charge is -2.26. The van der Waals surface area contributed by atoms with Gasteiger partial charge in [-0.15, -0.1) is 0 Å². The molecule has 32 heavy (non-hydrogen) atoms. The minimum Gasteiger partial charge on any atom is -0.490 e. The number of aromatic nitrogens is 2. The van der Waals surface area contributed by atoms with Crippen molar-refractivity contribution in [1.29, 1.82) is 0 Å². The minimum atomic E-state index is -3.52. The third-order valence-corrected chi connectivity index (χ3v) is 7.32. The molecular formula is C23H33N3O5S. The highest BCUT2D eigenvalue weighted by Crippen LogP contribution is 2.39. The van der Waals surface area contributed by atoms with Gasteiger partial charge < -0.3 is 14.6 Å². The van der Waals surface area contributed by atoms with Crippen molar-refractivity contribution in [3.8, 4) is 23.0 Å². The fourth-order valence-corrected chi connectivity index (χ4v) is 5.89. The summed E-state index contributed by atoms with van der Waals surface area (Å²) in [5, 5.41) is 9.21. The van der Waals surface area contributed by atoms with Crippen LogP contribution in [-0.4, -0.2) is 56.1 Å². The van der Waals surface area contributed by atoms with Crippen molar-refractivity contribution in [3.05, 3.63) is 29.0 Å². The number of ether oxygens (including phenoxy) is 2. The van der Waals surface area contributed by atoms with Gasteiger partial charge in [-0.25, -0.2) is 13.4 Å². The molecule has 9 heteroatoms. The molecule has 0 radical (unpaired) electrons. The minimum absolute atomic E-state index is 0.112. The zero-order chi connectivity index (χ0) is 23.5. The first-order chi connectivity index (χ1) is 15.2. The van der Waals surface area contributed by atoms with Gasteiger partial charge in [-0.3, -0.25) is 4.31 Å². The largest absolute Gasteiger partial charge is 0.490 e. The monoisotopic (exact) mass is 463 g/mol. The van der Waals surface area contributed by atoms with Crippen molar-refractivity contribution in [1.82, 2.24) is 9.97 Å². The second-order valence-electron chi connectivity index (χ2n) is 8.31. The van der Waals surface area contributed by atoms with E-state index in [1.807, 2.05) is 32.9 Å². The Balaban J connectivity index is 2.13. The normalized spacial score (nSPS) is 13.8. The summed E-state index contributed by atoms with van der Waals surface area (Å²) >= 11 is 0. The van der Waals surface area contributed by atoms with Crippen LogP contribution in [0.2, 0.25) is 0 Å². The lowest BCUT2D eigenvalue weighted by molar-refractivity contribution is 0.201. The maximum Gasteiger partial charge on any atom is 0.242 e. The topological polar surface area (TPSA) is 102 Å². The van der Waals surface area contributed by atoms with E-state index < -0.39 is 10.0 Å². The zero-order valence-electron chi connectivity index (χ0n) is 19.5. The molecule has 0 spiro atoms. The van der Waals surface area contributed by atoms with Crippen LogP contribution in [0.25, 0.3) is 11.4 Å². The van der Waals surface area contributed by atoms with Crippen LogP contribution in [0.5, 0.6) is 11.6 Å². The number of hydrogen-bond donors (Lipinski definition) is 1. The molecule has 0 unspecified atom stereocenters. The Kier molecular flexibility index (Phi) is 7.61. The van der Waals surface area contributed by atoms with Gasteiger partial charge in [0, 0.05) is 6.54 Å². The molecule has 0 bridgehead atoms. The molecule has 0 saturated heterocycles. The van der Waals surface area contributed by atoms with Crippen LogP contribution < -0.4 is 13.8 Å². The van der Waals surface area contributed by atoms with Gasteiger partial charge in [0.1, 0.15) is 18.0 Å². The molecule has 1 aromatic carbocycles. The van der Waals surface area contributed by atoms with Crippen LogP contribution in [0.15, 0.2) is 12.1 Å². The van der Waals surface area contributed by atoms with E-state index in [-0.39, 0.29) is 30.8 Å². The van der Waals surface area contributed by atoms with Crippen LogP contribution in [0, 0.1) is 26.7 Å². The van der Waals surface area contributed by atoms with Crippen LogP contribution in [0.3, 0.4) is 0 Å². The van der Waals surface area contributed by atoms with E-state index in [2.05, 4.69) is 9.97 Å². The molecule has 176 valence electrons. The number of aliphatic hydroxyl groups is 1. The summed E-state index contributed by atoms with van der Waals surface area (Å²) < 4.78 is 39.1. The summed E-state index contributed by atoms with van der Waals surface area (Å²) in [5.41, 5.74) is 3.53. The van der Waals surface area contributed by atoms with Crippen molar-refractivity contribution in [2.45, 2.75) is 47.0 Å². The summed E-state index contributed by atoms with van der Waals surface area (Å²) in [5.74, 6) is 1.54. The molecule has 1 aliphatic carbocycles. The van der Waals surface area contributed by atoms with Gasteiger partial charge in [-0.1, -0.05) is 13.0 Å². The number of anilines is 1. The first-order valence-electron chi connectivity index (χ1n) is 11.0. The first-order valence-corrected chi connectivity index (χ1v) is 12.6. The summed E-state index contributed by atoms with van der Waals surface area (Å²) in [6, 6.07) is 3.88. The van der Waals surface area contributed by atoms with Crippen molar-refractivity contribution < 1.29 is 23.0 Å². The number of nitrogens with zero attached hydrogens (tertiary/aromatic N) is 3. The summed E-state index contributed by atoms with van der Waals surface area (Å²) in [6.07, 6.45) is 2.56. The third kappa shape index (κ3) is 5.32. The second-order valence-corrected chi connectivity index (χ2v) is 10.2. The van der Waals surface area contributed by atoms with Crippen LogP contribution in [-0.2, 0) is 10.0 Å². The predicted molar refractivity (Wildman–Crippen MR) is 125 cm³/mol. The molecule has 1 aliphatic rings. The Bertz CT molecular complexity index is 1070. The van der Waals surface area contributed by atoms with Gasteiger partial charge in [0.15, 0.2) is 5.82 Å². The molecule has 1 aromatic heterocycles. The second kappa shape index (κ2) is 10.0. The van der Waals surface area contributed by atoms with E-state index in [0.717, 1.165) is 24.0 Å². The number of aliphatic hydroxyl groups excluding tert-OH is 1. The SMILES string of the molecule is CCCN(c1c(C)nc(-c2c(C)cc(C)cc2OCCO)nc1OC)S(=O)(=O)CC1CC1. The predicted octanol–water partition coefficient (Wildman–Crippen LogP) is 3.40. The number of sulfonamides is 1. The van der Waals surface area contributed by atoms with E-state index >= 15 is 0 Å². The number of hydrogen-bond acceptors (Lipinski definition) is 7. The quantitative estimate of drug-likeness (QED) is 0.545. The molecule has 1 N–H and O–H groups in total. The summed E-state index contributed by atoms with van der Waals surface area (Å²) in [4.78, 5) is 9.29. The Morgan fingerprint density at radius 2 is 1.91 bits per heavy atom. The maximum atomic E-state index is 13.2. The highest BCUT2D eigenvalue weighted by molar-refractivity contribution is 7.92. The molecule has 1 fully saturated rings. The molecule has 0 aliphatic heterocycles. The average molecular weight is 464 g/mol. The lowest BCUT2D eigenvalue weighted by Crippen LogP contribution is -2.35. The molecule has 1 saturated carbocycles. The lowest BCUT2D eigenvalue weighted by atomic mass is 10.0. The standard InChI is InChI=1S/C23H33N3O5S/c1-6-9-26(32(28,29)14-18-7-8-18)21-17(4)24-22(25-23(21)30-5)20-16(3)12-15(2)13-19(20)31-11-10-27/h12-13,18,27H,6-11,14H2,1-5H3. The third-order valence-electron chi connectivity index (χ3n) is 5.39. The zero-order valence-corrected chi connectivity index (χ0v) is 20.3. The van der Waals surface area contributed by atoms with Gasteiger partial charge >= 0.3 is 0 Å². The van der Waals surface area contributed by atoms with Crippen LogP contribution in [0.4, 0.5) is 5.69 Å². The van der Waals surface area contributed by atoms with Gasteiger partial charge in [0.2, 0.25) is 15.9 Å². The highest BCUT2D eigenvalue weighted by Gasteiger charge is 2.34. The molecule has 2 aromatic rings. The summed E-state index contributed by atoms with van der Waals surface area (Å²) in [6.45, 7) is 7.99. The highest BCUT2D eigenvalue weighted by atomic mass is 32.2. The van der Waals surface area contributed by atoms with E-state index in [4.69, 9.17) is 9.47 Å². The smallest absolute Gasteiger partial charge is 0.242 e. The number of aryl methyl sites for hydroxylation is 3. The summed E-state index contributed by atoms with van der Waals surface area (Å²) in [7, 11) is -2.04. The average Bonchev–Trinajstić information content (AvgIpc) is 3.53. The fourth-order valence-electron chi connectivity index (χ4n) is 3.83.